The average molecular weight is 420 g/mol. The summed E-state index contributed by atoms with van der Waals surface area (Å²) in [4.78, 5) is 14.3. The molecule has 0 saturated carbocycles. The third kappa shape index (κ3) is 4.10. The Bertz CT molecular complexity index is 1320. The van der Waals surface area contributed by atoms with Crippen molar-refractivity contribution in [1.29, 1.82) is 0 Å². The van der Waals surface area contributed by atoms with Gasteiger partial charge >= 0.3 is 0 Å². The van der Waals surface area contributed by atoms with E-state index >= 15 is 0 Å². The molecule has 2 N–H and O–H groups in total. The molecule has 158 valence electrons. The van der Waals surface area contributed by atoms with Crippen LogP contribution in [0.2, 0.25) is 0 Å². The zero-order valence-corrected chi connectivity index (χ0v) is 18.2. The second kappa shape index (κ2) is 8.63. The lowest BCUT2D eigenvalue weighted by molar-refractivity contribution is 0.756. The Kier molecular flexibility index (Phi) is 5.38. The number of hydrogen-bond acceptors (Lipinski definition) is 5. The number of nitrogens with one attached hydrogen (secondary N) is 2. The van der Waals surface area contributed by atoms with Crippen LogP contribution in [0, 0.1) is 0 Å². The quantitative estimate of drug-likeness (QED) is 0.383. The van der Waals surface area contributed by atoms with Crippen molar-refractivity contribution in [2.75, 3.05) is 10.6 Å². The first kappa shape index (κ1) is 19.9. The number of anilines is 3. The first-order chi connectivity index (χ1) is 15.7. The average Bonchev–Trinajstić information content (AvgIpc) is 3.19. The molecule has 1 atom stereocenters. The summed E-state index contributed by atoms with van der Waals surface area (Å²) in [5.74, 6) is 2.13. The summed E-state index contributed by atoms with van der Waals surface area (Å²) in [6.45, 7) is 4.28. The van der Waals surface area contributed by atoms with Crippen molar-refractivity contribution < 1.29 is 0 Å². The standard InChI is InChI=1S/C27H25N5/c1-3-23-18(2)16-25(29-23)31-26-22-14-7-8-15-24(22)30-27(32-26)28-21-13-9-12-20(17-21)19-10-5-4-6-11-19/h4-17,23H,3H2,1-2H3,(H2,28,29,30,31,32)/t23-/m0/s1. The molecule has 0 fully saturated rings. The zero-order valence-electron chi connectivity index (χ0n) is 18.2. The fraction of sp³-hybridized carbons (Fsp3) is 0.148. The maximum Gasteiger partial charge on any atom is 0.229 e. The van der Waals surface area contributed by atoms with E-state index in [1.54, 1.807) is 0 Å². The summed E-state index contributed by atoms with van der Waals surface area (Å²) < 4.78 is 0. The monoisotopic (exact) mass is 419 g/mol. The summed E-state index contributed by atoms with van der Waals surface area (Å²) in [6.07, 6.45) is 3.09. The van der Waals surface area contributed by atoms with E-state index in [-0.39, 0.29) is 6.04 Å². The van der Waals surface area contributed by atoms with Gasteiger partial charge in [0, 0.05) is 11.1 Å². The van der Waals surface area contributed by atoms with Gasteiger partial charge in [0.25, 0.3) is 0 Å². The van der Waals surface area contributed by atoms with Gasteiger partial charge in [-0.05, 0) is 60.4 Å². The van der Waals surface area contributed by atoms with Crippen LogP contribution in [-0.2, 0) is 0 Å². The van der Waals surface area contributed by atoms with Crippen LogP contribution in [0.1, 0.15) is 20.3 Å². The van der Waals surface area contributed by atoms with Gasteiger partial charge in [-0.25, -0.2) is 4.98 Å². The Morgan fingerprint density at radius 2 is 1.59 bits per heavy atom. The predicted molar refractivity (Wildman–Crippen MR) is 134 cm³/mol. The van der Waals surface area contributed by atoms with Gasteiger partial charge in [0.2, 0.25) is 5.95 Å². The van der Waals surface area contributed by atoms with Crippen LogP contribution in [0.5, 0.6) is 0 Å². The Labute approximate surface area is 188 Å². The fourth-order valence-electron chi connectivity index (χ4n) is 3.99. The number of hydrogen-bond donors (Lipinski definition) is 2. The molecule has 5 rings (SSSR count). The highest BCUT2D eigenvalue weighted by Crippen LogP contribution is 2.27. The molecule has 1 aromatic heterocycles. The molecule has 5 nitrogen and oxygen atoms in total. The number of amidine groups is 1. The van der Waals surface area contributed by atoms with Crippen molar-refractivity contribution in [3.05, 3.63) is 90.5 Å². The molecule has 4 aromatic rings. The maximum absolute atomic E-state index is 4.79. The second-order valence-corrected chi connectivity index (χ2v) is 7.94. The molecular weight excluding hydrogens is 394 g/mol. The third-order valence-corrected chi connectivity index (χ3v) is 5.65. The summed E-state index contributed by atoms with van der Waals surface area (Å²) >= 11 is 0. The Morgan fingerprint density at radius 3 is 2.41 bits per heavy atom. The van der Waals surface area contributed by atoms with Gasteiger partial charge in [0.05, 0.1) is 11.6 Å². The molecule has 1 aliphatic rings. The summed E-state index contributed by atoms with van der Waals surface area (Å²) in [5.41, 5.74) is 5.39. The van der Waals surface area contributed by atoms with Crippen LogP contribution in [-0.4, -0.2) is 21.8 Å². The SMILES string of the molecule is CC[C@@H]1N=C(Nc2nc(Nc3cccc(-c4ccccc4)c3)nc3ccccc23)C=C1C. The van der Waals surface area contributed by atoms with E-state index in [0.29, 0.717) is 5.95 Å². The lowest BCUT2D eigenvalue weighted by atomic mass is 10.1. The smallest absolute Gasteiger partial charge is 0.229 e. The maximum atomic E-state index is 4.79. The van der Waals surface area contributed by atoms with Crippen LogP contribution in [0.15, 0.2) is 95.5 Å². The van der Waals surface area contributed by atoms with Crippen molar-refractivity contribution >= 4 is 34.2 Å². The summed E-state index contributed by atoms with van der Waals surface area (Å²) in [6, 6.07) is 26.9. The lowest BCUT2D eigenvalue weighted by Crippen LogP contribution is -2.11. The van der Waals surface area contributed by atoms with E-state index in [4.69, 9.17) is 15.0 Å². The van der Waals surface area contributed by atoms with Crippen molar-refractivity contribution in [1.82, 2.24) is 9.97 Å². The second-order valence-electron chi connectivity index (χ2n) is 7.94. The van der Waals surface area contributed by atoms with Crippen molar-refractivity contribution in [2.24, 2.45) is 4.99 Å². The number of fused-ring (bicyclic) bond motifs is 1. The normalized spacial score (nSPS) is 15.4. The molecule has 0 aliphatic carbocycles. The van der Waals surface area contributed by atoms with Gasteiger partial charge in [0.15, 0.2) is 0 Å². The highest BCUT2D eigenvalue weighted by atomic mass is 15.2. The van der Waals surface area contributed by atoms with Crippen LogP contribution in [0.4, 0.5) is 17.5 Å². The molecule has 0 bridgehead atoms. The van der Waals surface area contributed by atoms with E-state index in [9.17, 15) is 0 Å². The van der Waals surface area contributed by atoms with Crippen molar-refractivity contribution in [3.63, 3.8) is 0 Å². The van der Waals surface area contributed by atoms with Crippen LogP contribution >= 0.6 is 0 Å². The van der Waals surface area contributed by atoms with Gasteiger partial charge in [-0.15, -0.1) is 0 Å². The first-order valence-electron chi connectivity index (χ1n) is 10.9. The summed E-state index contributed by atoms with van der Waals surface area (Å²) in [5, 5.41) is 7.77. The molecule has 0 spiro atoms. The Morgan fingerprint density at radius 1 is 0.812 bits per heavy atom. The molecule has 2 heterocycles. The minimum atomic E-state index is 0.240. The number of aromatic nitrogens is 2. The molecule has 1 aliphatic heterocycles. The largest absolute Gasteiger partial charge is 0.325 e. The van der Waals surface area contributed by atoms with Gasteiger partial charge in [-0.1, -0.05) is 61.5 Å². The third-order valence-electron chi connectivity index (χ3n) is 5.65. The summed E-state index contributed by atoms with van der Waals surface area (Å²) in [7, 11) is 0. The van der Waals surface area contributed by atoms with Gasteiger partial charge in [-0.2, -0.15) is 4.98 Å². The van der Waals surface area contributed by atoms with Gasteiger partial charge in [-0.3, -0.25) is 4.99 Å². The molecule has 0 radical (unpaired) electrons. The number of para-hydroxylation sites is 1. The van der Waals surface area contributed by atoms with Crippen LogP contribution in [0.25, 0.3) is 22.0 Å². The van der Waals surface area contributed by atoms with Crippen molar-refractivity contribution in [3.8, 4) is 11.1 Å². The molecule has 3 aromatic carbocycles. The van der Waals surface area contributed by atoms with E-state index in [0.717, 1.165) is 40.2 Å². The number of aliphatic imine (C=N–C) groups is 1. The van der Waals surface area contributed by atoms with Gasteiger partial charge < -0.3 is 10.6 Å². The number of nitrogens with zero attached hydrogens (tertiary/aromatic N) is 3. The minimum absolute atomic E-state index is 0.240. The highest BCUT2D eigenvalue weighted by molar-refractivity contribution is 6.09. The molecule has 32 heavy (non-hydrogen) atoms. The van der Waals surface area contributed by atoms with E-state index < -0.39 is 0 Å². The molecule has 0 saturated heterocycles. The molecule has 5 heteroatoms. The van der Waals surface area contributed by atoms with Crippen molar-refractivity contribution in [2.45, 2.75) is 26.3 Å². The van der Waals surface area contributed by atoms with E-state index in [1.807, 2.05) is 54.6 Å². The molecule has 0 unspecified atom stereocenters. The van der Waals surface area contributed by atoms with Gasteiger partial charge in [0.1, 0.15) is 11.7 Å². The Hall–Kier alpha value is -3.99. The number of benzene rings is 3. The Balaban J connectivity index is 1.48. The van der Waals surface area contributed by atoms with Crippen LogP contribution in [0.3, 0.4) is 0 Å². The molecule has 0 amide bonds. The first-order valence-corrected chi connectivity index (χ1v) is 10.9. The minimum Gasteiger partial charge on any atom is -0.325 e. The zero-order chi connectivity index (χ0) is 21.9. The lowest BCUT2D eigenvalue weighted by Gasteiger charge is -2.12. The topological polar surface area (TPSA) is 62.2 Å². The predicted octanol–water partition coefficient (Wildman–Crippen LogP) is 6.59. The fourth-order valence-corrected chi connectivity index (χ4v) is 3.99. The molecular formula is C27H25N5. The van der Waals surface area contributed by atoms with E-state index in [2.05, 4.69) is 54.8 Å². The number of rotatable bonds is 5. The van der Waals surface area contributed by atoms with E-state index in [1.165, 1.54) is 11.1 Å². The van der Waals surface area contributed by atoms with Crippen LogP contribution < -0.4 is 10.6 Å². The highest BCUT2D eigenvalue weighted by Gasteiger charge is 2.17.